The third-order valence-electron chi connectivity index (χ3n) is 6.02. The Morgan fingerprint density at radius 3 is 2.13 bits per heavy atom. The number of carbonyl (C=O) groups is 2. The standard InChI is InChI=1S/C23H32Cl2N2O4/c1-22(2,3)31-21(29)27-13-11-26(12-14-27)20(28)19(23(30)9-5-4-6-10-23)16-7-8-17(24)18(25)15-16/h7-8,15,19,30H,4-6,9-14H2,1-3H3. The zero-order valence-corrected chi connectivity index (χ0v) is 20.0. The van der Waals surface area contributed by atoms with Crippen molar-refractivity contribution < 1.29 is 19.4 Å². The molecule has 3 rings (SSSR count). The number of rotatable bonds is 3. The first kappa shape index (κ1) is 24.1. The van der Waals surface area contributed by atoms with Crippen LogP contribution in [0.4, 0.5) is 4.79 Å². The number of carbonyl (C=O) groups excluding carboxylic acids is 2. The van der Waals surface area contributed by atoms with Gasteiger partial charge in [-0.3, -0.25) is 4.79 Å². The number of aliphatic hydroxyl groups is 1. The van der Waals surface area contributed by atoms with Crippen molar-refractivity contribution in [3.63, 3.8) is 0 Å². The fraction of sp³-hybridized carbons (Fsp3) is 0.652. The second kappa shape index (κ2) is 9.55. The van der Waals surface area contributed by atoms with E-state index in [9.17, 15) is 14.7 Å². The molecule has 31 heavy (non-hydrogen) atoms. The molecule has 2 fully saturated rings. The molecule has 1 aliphatic heterocycles. The Kier molecular flexibility index (Phi) is 7.44. The van der Waals surface area contributed by atoms with Gasteiger partial charge in [0, 0.05) is 26.2 Å². The van der Waals surface area contributed by atoms with Gasteiger partial charge in [0.25, 0.3) is 0 Å². The highest BCUT2D eigenvalue weighted by Crippen LogP contribution is 2.42. The van der Waals surface area contributed by atoms with E-state index in [0.717, 1.165) is 19.3 Å². The first-order chi connectivity index (χ1) is 14.5. The smallest absolute Gasteiger partial charge is 0.410 e. The maximum atomic E-state index is 13.7. The van der Waals surface area contributed by atoms with Gasteiger partial charge >= 0.3 is 6.09 Å². The molecule has 0 bridgehead atoms. The highest BCUT2D eigenvalue weighted by Gasteiger charge is 2.45. The Labute approximate surface area is 194 Å². The summed E-state index contributed by atoms with van der Waals surface area (Å²) in [5.74, 6) is -0.845. The predicted octanol–water partition coefficient (Wildman–Crippen LogP) is 4.85. The summed E-state index contributed by atoms with van der Waals surface area (Å²) in [5.41, 5.74) is -0.999. The number of hydrogen-bond acceptors (Lipinski definition) is 4. The second-order valence-corrected chi connectivity index (χ2v) is 10.4. The van der Waals surface area contributed by atoms with E-state index >= 15 is 0 Å². The number of piperazine rings is 1. The van der Waals surface area contributed by atoms with Crippen LogP contribution < -0.4 is 0 Å². The molecule has 172 valence electrons. The lowest BCUT2D eigenvalue weighted by molar-refractivity contribution is -0.143. The molecule has 1 aromatic rings. The molecule has 2 aliphatic rings. The first-order valence-corrected chi connectivity index (χ1v) is 11.7. The second-order valence-electron chi connectivity index (χ2n) is 9.56. The van der Waals surface area contributed by atoms with E-state index in [2.05, 4.69) is 0 Å². The number of nitrogens with zero attached hydrogens (tertiary/aromatic N) is 2. The zero-order valence-electron chi connectivity index (χ0n) is 18.5. The Morgan fingerprint density at radius 1 is 1.00 bits per heavy atom. The molecule has 0 spiro atoms. The van der Waals surface area contributed by atoms with Crippen LogP contribution in [0.25, 0.3) is 0 Å². The SMILES string of the molecule is CC(C)(C)OC(=O)N1CCN(C(=O)C(c2ccc(Cl)c(Cl)c2)C2(O)CCCCC2)CC1. The third kappa shape index (κ3) is 5.85. The quantitative estimate of drug-likeness (QED) is 0.684. The lowest BCUT2D eigenvalue weighted by Crippen LogP contribution is -2.55. The number of hydrogen-bond donors (Lipinski definition) is 1. The summed E-state index contributed by atoms with van der Waals surface area (Å²) in [6.07, 6.45) is 3.59. The molecule has 1 unspecified atom stereocenters. The van der Waals surface area contributed by atoms with Crippen molar-refractivity contribution in [2.75, 3.05) is 26.2 Å². The Morgan fingerprint density at radius 2 is 1.58 bits per heavy atom. The van der Waals surface area contributed by atoms with Crippen LogP contribution in [0.5, 0.6) is 0 Å². The largest absolute Gasteiger partial charge is 0.444 e. The molecule has 1 aliphatic carbocycles. The van der Waals surface area contributed by atoms with Crippen LogP contribution in [0.15, 0.2) is 18.2 Å². The molecule has 1 atom stereocenters. The summed E-state index contributed by atoms with van der Waals surface area (Å²) in [6.45, 7) is 7.07. The summed E-state index contributed by atoms with van der Waals surface area (Å²) in [6, 6.07) is 5.14. The van der Waals surface area contributed by atoms with Gasteiger partial charge in [0.05, 0.1) is 21.6 Å². The molecule has 0 aromatic heterocycles. The van der Waals surface area contributed by atoms with Crippen molar-refractivity contribution in [2.45, 2.75) is 70.0 Å². The van der Waals surface area contributed by atoms with Crippen LogP contribution in [0, 0.1) is 0 Å². The van der Waals surface area contributed by atoms with Gasteiger partial charge in [0.2, 0.25) is 5.91 Å². The van der Waals surface area contributed by atoms with Crippen molar-refractivity contribution in [3.8, 4) is 0 Å². The fourth-order valence-corrected chi connectivity index (χ4v) is 4.75. The minimum atomic E-state index is -1.12. The number of amides is 2. The number of benzene rings is 1. The minimum Gasteiger partial charge on any atom is -0.444 e. The van der Waals surface area contributed by atoms with Gasteiger partial charge in [-0.2, -0.15) is 0 Å². The van der Waals surface area contributed by atoms with E-state index < -0.39 is 17.1 Å². The molecule has 1 saturated heterocycles. The summed E-state index contributed by atoms with van der Waals surface area (Å²) < 4.78 is 5.44. The molecule has 6 nitrogen and oxygen atoms in total. The monoisotopic (exact) mass is 470 g/mol. The molecule has 2 amide bonds. The van der Waals surface area contributed by atoms with Gasteiger partial charge in [0.15, 0.2) is 0 Å². The van der Waals surface area contributed by atoms with Gasteiger partial charge in [-0.05, 0) is 51.3 Å². The average Bonchev–Trinajstić information content (AvgIpc) is 2.70. The summed E-state index contributed by atoms with van der Waals surface area (Å²) >= 11 is 12.3. The minimum absolute atomic E-state index is 0.133. The number of halogens is 2. The van der Waals surface area contributed by atoms with Crippen LogP contribution >= 0.6 is 23.2 Å². The predicted molar refractivity (Wildman–Crippen MR) is 122 cm³/mol. The van der Waals surface area contributed by atoms with E-state index in [0.29, 0.717) is 54.6 Å². The van der Waals surface area contributed by atoms with Crippen molar-refractivity contribution in [1.82, 2.24) is 9.80 Å². The summed E-state index contributed by atoms with van der Waals surface area (Å²) in [5, 5.41) is 12.3. The van der Waals surface area contributed by atoms with Crippen molar-refractivity contribution in [2.24, 2.45) is 0 Å². The van der Waals surface area contributed by atoms with Gasteiger partial charge in [0.1, 0.15) is 5.60 Å². The molecule has 0 radical (unpaired) electrons. The number of ether oxygens (including phenoxy) is 1. The normalized spacial score (nSPS) is 20.3. The van der Waals surface area contributed by atoms with E-state index in [1.165, 1.54) is 0 Å². The topological polar surface area (TPSA) is 70.1 Å². The molecular weight excluding hydrogens is 439 g/mol. The Bertz CT molecular complexity index is 810. The van der Waals surface area contributed by atoms with E-state index in [-0.39, 0.29) is 12.0 Å². The zero-order chi connectivity index (χ0) is 22.8. The fourth-order valence-electron chi connectivity index (χ4n) is 4.45. The third-order valence-corrected chi connectivity index (χ3v) is 6.76. The van der Waals surface area contributed by atoms with Crippen molar-refractivity contribution in [3.05, 3.63) is 33.8 Å². The molecular formula is C23H32Cl2N2O4. The van der Waals surface area contributed by atoms with Crippen molar-refractivity contribution in [1.29, 1.82) is 0 Å². The van der Waals surface area contributed by atoms with E-state index in [1.807, 2.05) is 20.8 Å². The summed E-state index contributed by atoms with van der Waals surface area (Å²) in [7, 11) is 0. The molecule has 1 saturated carbocycles. The van der Waals surface area contributed by atoms with Crippen LogP contribution in [0.2, 0.25) is 10.0 Å². The van der Waals surface area contributed by atoms with E-state index in [1.54, 1.807) is 28.0 Å². The lowest BCUT2D eigenvalue weighted by Gasteiger charge is -2.43. The molecule has 8 heteroatoms. The first-order valence-electron chi connectivity index (χ1n) is 10.9. The Hall–Kier alpha value is -1.50. The lowest BCUT2D eigenvalue weighted by atomic mass is 9.72. The highest BCUT2D eigenvalue weighted by atomic mass is 35.5. The van der Waals surface area contributed by atoms with Gasteiger partial charge in [-0.25, -0.2) is 4.79 Å². The average molecular weight is 471 g/mol. The molecule has 1 N–H and O–H groups in total. The maximum Gasteiger partial charge on any atom is 0.410 e. The molecule has 1 aromatic carbocycles. The maximum absolute atomic E-state index is 13.7. The van der Waals surface area contributed by atoms with Crippen LogP contribution in [0.1, 0.15) is 64.4 Å². The van der Waals surface area contributed by atoms with Gasteiger partial charge in [-0.15, -0.1) is 0 Å². The summed E-state index contributed by atoms with van der Waals surface area (Å²) in [4.78, 5) is 29.4. The van der Waals surface area contributed by atoms with Crippen LogP contribution in [-0.4, -0.2) is 64.3 Å². The van der Waals surface area contributed by atoms with E-state index in [4.69, 9.17) is 27.9 Å². The van der Waals surface area contributed by atoms with Crippen LogP contribution in [-0.2, 0) is 9.53 Å². The van der Waals surface area contributed by atoms with Crippen molar-refractivity contribution >= 4 is 35.2 Å². The highest BCUT2D eigenvalue weighted by molar-refractivity contribution is 6.42. The Balaban J connectivity index is 1.78. The van der Waals surface area contributed by atoms with Gasteiger partial charge in [-0.1, -0.05) is 48.5 Å². The molecule has 1 heterocycles. The van der Waals surface area contributed by atoms with Gasteiger partial charge < -0.3 is 19.6 Å². The van der Waals surface area contributed by atoms with Crippen LogP contribution in [0.3, 0.4) is 0 Å².